The number of ether oxygens (including phenoxy) is 5. The third-order valence-corrected chi connectivity index (χ3v) is 4.86. The van der Waals surface area contributed by atoms with E-state index in [-0.39, 0.29) is 18.8 Å². The molecule has 9 nitrogen and oxygen atoms in total. The second-order valence-corrected chi connectivity index (χ2v) is 8.03. The molecular weight excluding hydrogens is 423 g/mol. The smallest absolute Gasteiger partial charge is 0.491 e. The standard InChI is InChI=1S/C16H18F3NO8S/c17-16(18,19)29(22,23)20-4-15(21)28-5-10-1-11(24-6-13-8-26-13)3-12(2-10)25-7-14-9-27-14/h1-3,13-14,20H,4-9H2. The highest BCUT2D eigenvalue weighted by atomic mass is 32.2. The molecule has 2 aliphatic rings. The highest BCUT2D eigenvalue weighted by molar-refractivity contribution is 7.90. The summed E-state index contributed by atoms with van der Waals surface area (Å²) in [6.07, 6.45) is 0.0322. The van der Waals surface area contributed by atoms with Crippen LogP contribution >= 0.6 is 0 Å². The van der Waals surface area contributed by atoms with Gasteiger partial charge in [-0.2, -0.15) is 17.9 Å². The lowest BCUT2D eigenvalue weighted by Crippen LogP contribution is -2.39. The van der Waals surface area contributed by atoms with Gasteiger partial charge in [0.1, 0.15) is 50.1 Å². The molecule has 2 aliphatic heterocycles. The molecule has 0 aromatic heterocycles. The summed E-state index contributed by atoms with van der Waals surface area (Å²) in [5, 5.41) is 0. The number of epoxide rings is 2. The Balaban J connectivity index is 1.55. The molecule has 29 heavy (non-hydrogen) atoms. The Labute approximate surface area is 164 Å². The summed E-state index contributed by atoms with van der Waals surface area (Å²) in [5.41, 5.74) is -5.07. The molecule has 13 heteroatoms. The van der Waals surface area contributed by atoms with Crippen LogP contribution in [0.4, 0.5) is 13.2 Å². The van der Waals surface area contributed by atoms with Crippen molar-refractivity contribution in [3.8, 4) is 11.5 Å². The largest absolute Gasteiger partial charge is 0.511 e. The van der Waals surface area contributed by atoms with Gasteiger partial charge in [-0.25, -0.2) is 8.42 Å². The Bertz CT molecular complexity index is 803. The normalized spacial score (nSPS) is 20.8. The van der Waals surface area contributed by atoms with Crippen molar-refractivity contribution in [3.05, 3.63) is 23.8 Å². The van der Waals surface area contributed by atoms with E-state index in [9.17, 15) is 26.4 Å². The van der Waals surface area contributed by atoms with E-state index >= 15 is 0 Å². The lowest BCUT2D eigenvalue weighted by Gasteiger charge is -2.12. The van der Waals surface area contributed by atoms with Crippen LogP contribution in [0, 0.1) is 0 Å². The zero-order valence-corrected chi connectivity index (χ0v) is 15.8. The van der Waals surface area contributed by atoms with Crippen LogP contribution in [-0.2, 0) is 35.6 Å². The van der Waals surface area contributed by atoms with Crippen LogP contribution < -0.4 is 14.2 Å². The molecule has 1 aromatic rings. The molecule has 0 radical (unpaired) electrons. The molecule has 1 aromatic carbocycles. The number of hydrogen-bond acceptors (Lipinski definition) is 8. The maximum atomic E-state index is 12.2. The minimum Gasteiger partial charge on any atom is -0.491 e. The van der Waals surface area contributed by atoms with Gasteiger partial charge in [-0.05, 0) is 17.7 Å². The first kappa shape index (κ1) is 21.6. The highest BCUT2D eigenvalue weighted by Crippen LogP contribution is 2.26. The summed E-state index contributed by atoms with van der Waals surface area (Å²) in [7, 11) is -5.62. The number of carbonyl (C=O) groups is 1. The Morgan fingerprint density at radius 3 is 2.03 bits per heavy atom. The highest BCUT2D eigenvalue weighted by Gasteiger charge is 2.45. The van der Waals surface area contributed by atoms with Gasteiger partial charge in [-0.15, -0.1) is 0 Å². The Hall–Kier alpha value is -2.09. The number of esters is 1. The van der Waals surface area contributed by atoms with Gasteiger partial charge in [0.25, 0.3) is 0 Å². The van der Waals surface area contributed by atoms with Crippen molar-refractivity contribution in [3.63, 3.8) is 0 Å². The molecule has 0 saturated carbocycles. The first-order chi connectivity index (χ1) is 13.6. The third-order valence-electron chi connectivity index (χ3n) is 3.73. The van der Waals surface area contributed by atoms with Gasteiger partial charge < -0.3 is 23.7 Å². The molecule has 3 rings (SSSR count). The average molecular weight is 441 g/mol. The van der Waals surface area contributed by atoms with E-state index < -0.39 is 28.0 Å². The summed E-state index contributed by atoms with van der Waals surface area (Å²) in [4.78, 5) is 11.6. The van der Waals surface area contributed by atoms with E-state index in [0.717, 1.165) is 4.72 Å². The van der Waals surface area contributed by atoms with Crippen LogP contribution in [0.25, 0.3) is 0 Å². The minimum atomic E-state index is -5.62. The fourth-order valence-electron chi connectivity index (χ4n) is 2.04. The molecule has 0 spiro atoms. The van der Waals surface area contributed by atoms with Crippen molar-refractivity contribution in [2.45, 2.75) is 24.3 Å². The number of halogens is 3. The summed E-state index contributed by atoms with van der Waals surface area (Å²) in [6.45, 7) is 0.391. The number of nitrogens with one attached hydrogen (secondary N) is 1. The van der Waals surface area contributed by atoms with Crippen LogP contribution in [0.1, 0.15) is 5.56 Å². The van der Waals surface area contributed by atoms with Crippen molar-refractivity contribution in [2.24, 2.45) is 0 Å². The summed E-state index contributed by atoms with van der Waals surface area (Å²) in [6, 6.07) is 4.76. The van der Waals surface area contributed by atoms with Crippen molar-refractivity contribution < 1.29 is 50.1 Å². The number of benzene rings is 1. The summed E-state index contributed by atoms with van der Waals surface area (Å²) < 4.78 is 85.7. The second kappa shape index (κ2) is 8.73. The molecular formula is C16H18F3NO8S. The van der Waals surface area contributed by atoms with Gasteiger partial charge in [-0.3, -0.25) is 4.79 Å². The first-order valence-corrected chi connectivity index (χ1v) is 9.95. The quantitative estimate of drug-likeness (QED) is 0.395. The maximum absolute atomic E-state index is 12.2. The molecule has 2 atom stereocenters. The summed E-state index contributed by atoms with van der Waals surface area (Å²) >= 11 is 0. The molecule has 0 amide bonds. The average Bonchev–Trinajstić information content (AvgIpc) is 3.54. The van der Waals surface area contributed by atoms with Crippen LogP contribution in [0.5, 0.6) is 11.5 Å². The van der Waals surface area contributed by atoms with Gasteiger partial charge >= 0.3 is 21.5 Å². The second-order valence-electron chi connectivity index (χ2n) is 6.28. The van der Waals surface area contributed by atoms with Crippen molar-refractivity contribution in [1.29, 1.82) is 0 Å². The molecule has 2 unspecified atom stereocenters. The first-order valence-electron chi connectivity index (χ1n) is 8.47. The molecule has 2 fully saturated rings. The predicted octanol–water partition coefficient (Wildman–Crippen LogP) is 0.724. The lowest BCUT2D eigenvalue weighted by molar-refractivity contribution is -0.143. The zero-order chi connectivity index (χ0) is 21.1. The number of rotatable bonds is 11. The molecule has 2 heterocycles. The summed E-state index contributed by atoms with van der Waals surface area (Å²) in [5.74, 6) is -0.318. The minimum absolute atomic E-state index is 0.0161. The van der Waals surface area contributed by atoms with Gasteiger partial charge in [0, 0.05) is 6.07 Å². The molecule has 1 N–H and O–H groups in total. The molecule has 0 aliphatic carbocycles. The maximum Gasteiger partial charge on any atom is 0.511 e. The SMILES string of the molecule is O=C(CNS(=O)(=O)C(F)(F)F)OCc1cc(OCC2CO2)cc(OCC2CO2)c1. The Morgan fingerprint density at radius 2 is 1.59 bits per heavy atom. The van der Waals surface area contributed by atoms with Gasteiger partial charge in [0.15, 0.2) is 0 Å². The Kier molecular flexibility index (Phi) is 6.51. The molecule has 0 bridgehead atoms. The number of carbonyl (C=O) groups excluding carboxylic acids is 1. The van der Waals surface area contributed by atoms with Crippen LogP contribution in [0.2, 0.25) is 0 Å². The Morgan fingerprint density at radius 1 is 1.07 bits per heavy atom. The third kappa shape index (κ3) is 7.03. The van der Waals surface area contributed by atoms with E-state index in [1.807, 2.05) is 0 Å². The fourth-order valence-corrected chi connectivity index (χ4v) is 2.51. The molecule has 2 saturated heterocycles. The lowest BCUT2D eigenvalue weighted by atomic mass is 10.2. The van der Waals surface area contributed by atoms with E-state index in [4.69, 9.17) is 23.7 Å². The van der Waals surface area contributed by atoms with Gasteiger partial charge in [0.2, 0.25) is 0 Å². The molecule has 162 valence electrons. The van der Waals surface area contributed by atoms with Crippen LogP contribution in [-0.4, -0.2) is 65.1 Å². The predicted molar refractivity (Wildman–Crippen MR) is 89.7 cm³/mol. The fraction of sp³-hybridized carbons (Fsp3) is 0.562. The van der Waals surface area contributed by atoms with Crippen LogP contribution in [0.15, 0.2) is 18.2 Å². The number of hydrogen-bond donors (Lipinski definition) is 1. The monoisotopic (exact) mass is 441 g/mol. The van der Waals surface area contributed by atoms with E-state index in [1.165, 1.54) is 0 Å². The van der Waals surface area contributed by atoms with Crippen molar-refractivity contribution >= 4 is 16.0 Å². The zero-order valence-electron chi connectivity index (χ0n) is 14.9. The van der Waals surface area contributed by atoms with E-state index in [0.29, 0.717) is 43.5 Å². The number of sulfonamides is 1. The number of alkyl halides is 3. The van der Waals surface area contributed by atoms with Crippen molar-refractivity contribution in [2.75, 3.05) is 33.0 Å². The van der Waals surface area contributed by atoms with Crippen molar-refractivity contribution in [1.82, 2.24) is 4.72 Å². The van der Waals surface area contributed by atoms with Gasteiger partial charge in [0.05, 0.1) is 13.2 Å². The van der Waals surface area contributed by atoms with E-state index in [1.54, 1.807) is 18.2 Å². The van der Waals surface area contributed by atoms with E-state index in [2.05, 4.69) is 0 Å². The topological polar surface area (TPSA) is 116 Å². The van der Waals surface area contributed by atoms with Crippen LogP contribution in [0.3, 0.4) is 0 Å². The van der Waals surface area contributed by atoms with Gasteiger partial charge in [-0.1, -0.05) is 0 Å².